The van der Waals surface area contributed by atoms with Crippen LogP contribution in [0.25, 0.3) is 0 Å². The molecule has 1 atom stereocenters. The van der Waals surface area contributed by atoms with Gasteiger partial charge in [0.1, 0.15) is 18.3 Å². The van der Waals surface area contributed by atoms with E-state index in [9.17, 15) is 18.0 Å². The van der Waals surface area contributed by atoms with Crippen LogP contribution in [-0.2, 0) is 32.6 Å². The molecule has 3 aromatic carbocycles. The molecular formula is C31H39N3O5S. The molecule has 0 saturated carbocycles. The second kappa shape index (κ2) is 14.0. The molecule has 0 aliphatic rings. The van der Waals surface area contributed by atoms with Gasteiger partial charge in [-0.1, -0.05) is 80.6 Å². The van der Waals surface area contributed by atoms with Gasteiger partial charge in [-0.05, 0) is 41.7 Å². The third kappa shape index (κ3) is 8.58. The molecule has 0 aliphatic carbocycles. The molecule has 0 bridgehead atoms. The van der Waals surface area contributed by atoms with Crippen LogP contribution in [0.2, 0.25) is 0 Å². The number of hydrogen-bond acceptors (Lipinski definition) is 5. The van der Waals surface area contributed by atoms with Crippen molar-refractivity contribution in [2.45, 2.75) is 39.8 Å². The van der Waals surface area contributed by atoms with E-state index in [1.807, 2.05) is 81.4 Å². The van der Waals surface area contributed by atoms with E-state index in [2.05, 4.69) is 5.32 Å². The number of rotatable bonds is 13. The molecule has 0 unspecified atom stereocenters. The standard InChI is InChI=1S/C31H39N3O5S/c1-23(2)20-32-31(36)28(19-25-12-8-6-9-13-25)33(21-26-14-10-7-11-15-26)30(35)22-34(40(5,37)38)27-18-24(3)16-17-29(27)39-4/h6-18,23,28H,19-22H2,1-5H3,(H,32,36)/t28-/m1/s1. The summed E-state index contributed by atoms with van der Waals surface area (Å²) in [7, 11) is -2.44. The maximum Gasteiger partial charge on any atom is 0.244 e. The fourth-order valence-electron chi connectivity index (χ4n) is 4.35. The predicted molar refractivity (Wildman–Crippen MR) is 159 cm³/mol. The lowest BCUT2D eigenvalue weighted by atomic mass is 10.0. The van der Waals surface area contributed by atoms with E-state index >= 15 is 0 Å². The smallest absolute Gasteiger partial charge is 0.244 e. The van der Waals surface area contributed by atoms with E-state index in [4.69, 9.17) is 4.74 Å². The number of ether oxygens (including phenoxy) is 1. The minimum atomic E-state index is -3.89. The zero-order valence-corrected chi connectivity index (χ0v) is 24.6. The lowest BCUT2D eigenvalue weighted by Gasteiger charge is -2.34. The summed E-state index contributed by atoms with van der Waals surface area (Å²) in [5.74, 6) is -0.248. The average Bonchev–Trinajstić information content (AvgIpc) is 2.92. The third-order valence-electron chi connectivity index (χ3n) is 6.43. The monoisotopic (exact) mass is 565 g/mol. The Labute approximate surface area is 238 Å². The number of amides is 2. The van der Waals surface area contributed by atoms with E-state index < -0.39 is 28.5 Å². The van der Waals surface area contributed by atoms with Crippen molar-refractivity contribution in [1.82, 2.24) is 10.2 Å². The quantitative estimate of drug-likeness (QED) is 0.336. The number of carbonyl (C=O) groups is 2. The molecule has 1 N–H and O–H groups in total. The van der Waals surface area contributed by atoms with Crippen LogP contribution in [0.1, 0.15) is 30.5 Å². The fourth-order valence-corrected chi connectivity index (χ4v) is 5.19. The molecule has 9 heteroatoms. The molecule has 0 aromatic heterocycles. The largest absolute Gasteiger partial charge is 0.495 e. The number of anilines is 1. The van der Waals surface area contributed by atoms with Crippen LogP contribution >= 0.6 is 0 Å². The van der Waals surface area contributed by atoms with Crippen molar-refractivity contribution < 1.29 is 22.7 Å². The lowest BCUT2D eigenvalue weighted by molar-refractivity contribution is -0.140. The van der Waals surface area contributed by atoms with Gasteiger partial charge in [0, 0.05) is 19.5 Å². The Morgan fingerprint density at radius 2 is 1.52 bits per heavy atom. The van der Waals surface area contributed by atoms with Crippen molar-refractivity contribution in [1.29, 1.82) is 0 Å². The minimum Gasteiger partial charge on any atom is -0.495 e. The first-order valence-corrected chi connectivity index (χ1v) is 15.1. The number of hydrogen-bond donors (Lipinski definition) is 1. The number of methoxy groups -OCH3 is 1. The molecule has 2 amide bonds. The molecule has 0 fully saturated rings. The van der Waals surface area contributed by atoms with Gasteiger partial charge in [-0.3, -0.25) is 13.9 Å². The number of nitrogens with one attached hydrogen (secondary N) is 1. The van der Waals surface area contributed by atoms with Crippen molar-refractivity contribution >= 4 is 27.5 Å². The van der Waals surface area contributed by atoms with Crippen LogP contribution in [0, 0.1) is 12.8 Å². The Bertz CT molecular complexity index is 1380. The first-order valence-electron chi connectivity index (χ1n) is 13.3. The highest BCUT2D eigenvalue weighted by Crippen LogP contribution is 2.31. The fraction of sp³-hybridized carbons (Fsp3) is 0.355. The molecule has 40 heavy (non-hydrogen) atoms. The van der Waals surface area contributed by atoms with Crippen LogP contribution < -0.4 is 14.4 Å². The van der Waals surface area contributed by atoms with Gasteiger partial charge in [-0.25, -0.2) is 8.42 Å². The minimum absolute atomic E-state index is 0.134. The Balaban J connectivity index is 2.07. The van der Waals surface area contributed by atoms with Crippen molar-refractivity contribution in [2.24, 2.45) is 5.92 Å². The van der Waals surface area contributed by atoms with Gasteiger partial charge in [-0.2, -0.15) is 0 Å². The molecule has 0 saturated heterocycles. The second-order valence-electron chi connectivity index (χ2n) is 10.3. The van der Waals surface area contributed by atoms with Gasteiger partial charge in [0.05, 0.1) is 19.1 Å². The number of nitrogens with zero attached hydrogens (tertiary/aromatic N) is 2. The summed E-state index contributed by atoms with van der Waals surface area (Å²) in [6, 6.07) is 23.1. The Kier molecular flexibility index (Phi) is 10.7. The SMILES string of the molecule is COc1ccc(C)cc1N(CC(=O)N(Cc1ccccc1)[C@H](Cc1ccccc1)C(=O)NCC(C)C)S(C)(=O)=O. The van der Waals surface area contributed by atoms with Crippen LogP contribution in [0.5, 0.6) is 5.75 Å². The number of sulfonamides is 1. The van der Waals surface area contributed by atoms with Crippen LogP contribution in [0.4, 0.5) is 5.69 Å². The van der Waals surface area contributed by atoms with Crippen molar-refractivity contribution in [3.8, 4) is 5.75 Å². The molecular weight excluding hydrogens is 526 g/mol. The van der Waals surface area contributed by atoms with Crippen molar-refractivity contribution in [2.75, 3.05) is 30.8 Å². The first-order chi connectivity index (χ1) is 19.0. The highest BCUT2D eigenvalue weighted by Gasteiger charge is 2.33. The maximum absolute atomic E-state index is 14.1. The molecule has 0 radical (unpaired) electrons. The molecule has 0 spiro atoms. The zero-order valence-electron chi connectivity index (χ0n) is 23.8. The van der Waals surface area contributed by atoms with Gasteiger partial charge in [0.2, 0.25) is 21.8 Å². The average molecular weight is 566 g/mol. The number of benzene rings is 3. The highest BCUT2D eigenvalue weighted by molar-refractivity contribution is 7.92. The van der Waals surface area contributed by atoms with Crippen molar-refractivity contribution in [3.05, 3.63) is 95.6 Å². The van der Waals surface area contributed by atoms with Crippen molar-refractivity contribution in [3.63, 3.8) is 0 Å². The Morgan fingerprint density at radius 3 is 2.08 bits per heavy atom. The van der Waals surface area contributed by atoms with E-state index in [1.54, 1.807) is 18.2 Å². The molecule has 214 valence electrons. The van der Waals surface area contributed by atoms with Gasteiger partial charge >= 0.3 is 0 Å². The first kappa shape index (κ1) is 30.7. The van der Waals surface area contributed by atoms with Gasteiger partial charge in [0.15, 0.2) is 0 Å². The Morgan fingerprint density at radius 1 is 0.925 bits per heavy atom. The van der Waals surface area contributed by atoms with E-state index in [0.29, 0.717) is 12.3 Å². The van der Waals surface area contributed by atoms with Gasteiger partial charge in [-0.15, -0.1) is 0 Å². The van der Waals surface area contributed by atoms with Gasteiger partial charge in [0.25, 0.3) is 0 Å². The van der Waals surface area contributed by atoms with Crippen LogP contribution in [0.3, 0.4) is 0 Å². The molecule has 0 heterocycles. The van der Waals surface area contributed by atoms with Gasteiger partial charge < -0.3 is 15.0 Å². The maximum atomic E-state index is 14.1. The topological polar surface area (TPSA) is 96.0 Å². The van der Waals surface area contributed by atoms with Crippen LogP contribution in [0.15, 0.2) is 78.9 Å². The summed E-state index contributed by atoms with van der Waals surface area (Å²) in [5, 5.41) is 2.98. The van der Waals surface area contributed by atoms with E-state index in [0.717, 1.165) is 27.3 Å². The summed E-state index contributed by atoms with van der Waals surface area (Å²) in [6.45, 7) is 5.93. The number of carbonyl (C=O) groups excluding carboxylic acids is 2. The normalized spacial score (nSPS) is 12.1. The molecule has 3 aromatic rings. The second-order valence-corrected chi connectivity index (χ2v) is 12.2. The predicted octanol–water partition coefficient (Wildman–Crippen LogP) is 4.18. The zero-order chi connectivity index (χ0) is 29.3. The highest BCUT2D eigenvalue weighted by atomic mass is 32.2. The molecule has 0 aliphatic heterocycles. The summed E-state index contributed by atoms with van der Waals surface area (Å²) in [5.41, 5.74) is 2.79. The molecule has 3 rings (SSSR count). The van der Waals surface area contributed by atoms with E-state index in [1.165, 1.54) is 12.0 Å². The summed E-state index contributed by atoms with van der Waals surface area (Å²) < 4.78 is 32.5. The summed E-state index contributed by atoms with van der Waals surface area (Å²) >= 11 is 0. The lowest BCUT2D eigenvalue weighted by Crippen LogP contribution is -2.53. The molecule has 8 nitrogen and oxygen atoms in total. The third-order valence-corrected chi connectivity index (χ3v) is 7.56. The summed E-state index contributed by atoms with van der Waals surface area (Å²) in [6.07, 6.45) is 1.33. The number of aryl methyl sites for hydroxylation is 1. The van der Waals surface area contributed by atoms with E-state index in [-0.39, 0.29) is 30.5 Å². The Hall–Kier alpha value is -3.85. The summed E-state index contributed by atoms with van der Waals surface area (Å²) in [4.78, 5) is 29.2. The van der Waals surface area contributed by atoms with Crippen LogP contribution in [-0.4, -0.2) is 57.6 Å².